The van der Waals surface area contributed by atoms with Crippen molar-refractivity contribution in [2.24, 2.45) is 0 Å². The number of fused-ring (bicyclic) bond motifs is 2. The second-order valence-corrected chi connectivity index (χ2v) is 4.63. The van der Waals surface area contributed by atoms with Gasteiger partial charge in [0.25, 0.3) is 0 Å². The van der Waals surface area contributed by atoms with Gasteiger partial charge < -0.3 is 14.6 Å². The molecule has 0 aliphatic carbocycles. The highest BCUT2D eigenvalue weighted by Gasteiger charge is 2.23. The van der Waals surface area contributed by atoms with Crippen molar-refractivity contribution in [2.75, 3.05) is 7.11 Å². The first-order chi connectivity index (χ1) is 9.70. The zero-order valence-corrected chi connectivity index (χ0v) is 11.0. The molecule has 0 bridgehead atoms. The van der Waals surface area contributed by atoms with Gasteiger partial charge in [-0.1, -0.05) is 24.3 Å². The first-order valence-electron chi connectivity index (χ1n) is 6.31. The largest absolute Gasteiger partial charge is 0.488 e. The predicted octanol–water partition coefficient (Wildman–Crippen LogP) is 2.45. The van der Waals surface area contributed by atoms with Gasteiger partial charge in [-0.2, -0.15) is 0 Å². The van der Waals surface area contributed by atoms with E-state index in [1.807, 2.05) is 24.3 Å². The molecule has 1 heterocycles. The van der Waals surface area contributed by atoms with Crippen LogP contribution in [0.5, 0.6) is 5.75 Å². The molecular formula is C16H14O4. The van der Waals surface area contributed by atoms with Crippen molar-refractivity contribution in [3.8, 4) is 5.75 Å². The SMILES string of the molecule is COC(=O)c1ccc2c(c1)C(O)c1ccccc1CO2. The molecule has 1 aliphatic heterocycles. The van der Waals surface area contributed by atoms with Crippen LogP contribution in [0.15, 0.2) is 42.5 Å². The zero-order chi connectivity index (χ0) is 14.1. The average molecular weight is 270 g/mol. The summed E-state index contributed by atoms with van der Waals surface area (Å²) in [5.41, 5.74) is 2.72. The van der Waals surface area contributed by atoms with E-state index >= 15 is 0 Å². The van der Waals surface area contributed by atoms with Crippen molar-refractivity contribution >= 4 is 5.97 Å². The van der Waals surface area contributed by atoms with Crippen molar-refractivity contribution < 1.29 is 19.4 Å². The Kier molecular flexibility index (Phi) is 3.16. The first kappa shape index (κ1) is 12.7. The molecule has 1 unspecified atom stereocenters. The van der Waals surface area contributed by atoms with Gasteiger partial charge in [0.1, 0.15) is 18.5 Å². The molecule has 0 saturated carbocycles. The molecule has 0 saturated heterocycles. The van der Waals surface area contributed by atoms with Crippen LogP contribution >= 0.6 is 0 Å². The number of rotatable bonds is 1. The minimum atomic E-state index is -0.812. The van der Waals surface area contributed by atoms with Crippen LogP contribution in [0.25, 0.3) is 0 Å². The molecule has 0 radical (unpaired) electrons. The maximum Gasteiger partial charge on any atom is 0.337 e. The summed E-state index contributed by atoms with van der Waals surface area (Å²) in [7, 11) is 1.33. The summed E-state index contributed by atoms with van der Waals surface area (Å²) in [5.74, 6) is 0.152. The van der Waals surface area contributed by atoms with Crippen LogP contribution in [-0.4, -0.2) is 18.2 Å². The van der Waals surface area contributed by atoms with Gasteiger partial charge in [-0.05, 0) is 29.3 Å². The number of hydrogen-bond acceptors (Lipinski definition) is 4. The van der Waals surface area contributed by atoms with Crippen LogP contribution in [0.2, 0.25) is 0 Å². The Morgan fingerprint density at radius 1 is 1.25 bits per heavy atom. The van der Waals surface area contributed by atoms with Gasteiger partial charge in [-0.25, -0.2) is 4.79 Å². The van der Waals surface area contributed by atoms with Gasteiger partial charge in [-0.15, -0.1) is 0 Å². The number of methoxy groups -OCH3 is 1. The molecule has 0 amide bonds. The number of esters is 1. The highest BCUT2D eigenvalue weighted by atomic mass is 16.5. The number of aliphatic hydroxyl groups is 1. The topological polar surface area (TPSA) is 55.8 Å². The lowest BCUT2D eigenvalue weighted by atomic mass is 9.96. The Morgan fingerprint density at radius 3 is 2.85 bits per heavy atom. The Morgan fingerprint density at radius 2 is 2.05 bits per heavy atom. The quantitative estimate of drug-likeness (QED) is 0.809. The summed E-state index contributed by atoms with van der Waals surface area (Å²) in [6.07, 6.45) is -0.812. The van der Waals surface area contributed by atoms with Gasteiger partial charge in [0.05, 0.1) is 12.7 Å². The third kappa shape index (κ3) is 2.04. The second kappa shape index (κ2) is 4.98. The van der Waals surface area contributed by atoms with E-state index in [9.17, 15) is 9.90 Å². The molecule has 1 atom stereocenters. The summed E-state index contributed by atoms with van der Waals surface area (Å²) in [6, 6.07) is 12.5. The van der Waals surface area contributed by atoms with E-state index in [1.165, 1.54) is 7.11 Å². The standard InChI is InChI=1S/C16H14O4/c1-19-16(18)10-6-7-14-13(8-10)15(17)12-5-3-2-4-11(12)9-20-14/h2-8,15,17H,9H2,1H3. The van der Waals surface area contributed by atoms with Crippen LogP contribution in [0.1, 0.15) is 33.2 Å². The Balaban J connectivity index is 2.11. The lowest BCUT2D eigenvalue weighted by Gasteiger charge is -2.13. The lowest BCUT2D eigenvalue weighted by Crippen LogP contribution is -2.05. The zero-order valence-electron chi connectivity index (χ0n) is 11.0. The molecule has 1 aliphatic rings. The maximum atomic E-state index is 11.6. The summed E-state index contributed by atoms with van der Waals surface area (Å²) < 4.78 is 10.4. The third-order valence-electron chi connectivity index (χ3n) is 3.46. The van der Waals surface area contributed by atoms with Crippen molar-refractivity contribution in [3.05, 3.63) is 64.7 Å². The van der Waals surface area contributed by atoms with E-state index in [0.717, 1.165) is 11.1 Å². The van der Waals surface area contributed by atoms with Crippen LogP contribution in [0.3, 0.4) is 0 Å². The highest BCUT2D eigenvalue weighted by Crippen LogP contribution is 2.36. The van der Waals surface area contributed by atoms with Crippen LogP contribution in [0, 0.1) is 0 Å². The Labute approximate surface area is 116 Å². The molecule has 102 valence electrons. The number of benzene rings is 2. The molecule has 20 heavy (non-hydrogen) atoms. The molecule has 2 aromatic rings. The van der Waals surface area contributed by atoms with E-state index in [4.69, 9.17) is 9.47 Å². The van der Waals surface area contributed by atoms with E-state index in [-0.39, 0.29) is 0 Å². The van der Waals surface area contributed by atoms with Crippen molar-refractivity contribution in [1.82, 2.24) is 0 Å². The van der Waals surface area contributed by atoms with E-state index in [0.29, 0.717) is 23.5 Å². The molecule has 0 aromatic heterocycles. The van der Waals surface area contributed by atoms with Gasteiger partial charge in [0, 0.05) is 5.56 Å². The summed E-state index contributed by atoms with van der Waals surface area (Å²) in [5, 5.41) is 10.5. The molecule has 1 N–H and O–H groups in total. The predicted molar refractivity (Wildman–Crippen MR) is 72.6 cm³/mol. The molecule has 4 heteroatoms. The number of ether oxygens (including phenoxy) is 2. The fourth-order valence-corrected chi connectivity index (χ4v) is 2.39. The Hall–Kier alpha value is -2.33. The lowest BCUT2D eigenvalue weighted by molar-refractivity contribution is 0.0600. The first-order valence-corrected chi connectivity index (χ1v) is 6.31. The van der Waals surface area contributed by atoms with Crippen LogP contribution < -0.4 is 4.74 Å². The fourth-order valence-electron chi connectivity index (χ4n) is 2.39. The van der Waals surface area contributed by atoms with Gasteiger partial charge in [-0.3, -0.25) is 0 Å². The van der Waals surface area contributed by atoms with Crippen LogP contribution in [-0.2, 0) is 11.3 Å². The van der Waals surface area contributed by atoms with Crippen molar-refractivity contribution in [3.63, 3.8) is 0 Å². The number of hydrogen-bond donors (Lipinski definition) is 1. The molecule has 0 spiro atoms. The summed E-state index contributed by atoms with van der Waals surface area (Å²) >= 11 is 0. The van der Waals surface area contributed by atoms with E-state index < -0.39 is 12.1 Å². The van der Waals surface area contributed by atoms with Gasteiger partial charge >= 0.3 is 5.97 Å². The van der Waals surface area contributed by atoms with Crippen molar-refractivity contribution in [1.29, 1.82) is 0 Å². The fraction of sp³-hybridized carbons (Fsp3) is 0.188. The minimum Gasteiger partial charge on any atom is -0.488 e. The molecule has 0 fully saturated rings. The van der Waals surface area contributed by atoms with Gasteiger partial charge in [0.15, 0.2) is 0 Å². The number of carbonyl (C=O) groups is 1. The maximum absolute atomic E-state index is 11.6. The smallest absolute Gasteiger partial charge is 0.337 e. The summed E-state index contributed by atoms with van der Waals surface area (Å²) in [4.78, 5) is 11.6. The van der Waals surface area contributed by atoms with Gasteiger partial charge in [0.2, 0.25) is 0 Å². The van der Waals surface area contributed by atoms with E-state index in [1.54, 1.807) is 18.2 Å². The van der Waals surface area contributed by atoms with E-state index in [2.05, 4.69) is 0 Å². The second-order valence-electron chi connectivity index (χ2n) is 4.63. The van der Waals surface area contributed by atoms with Crippen LogP contribution in [0.4, 0.5) is 0 Å². The third-order valence-corrected chi connectivity index (χ3v) is 3.46. The molecule has 3 rings (SSSR count). The number of aliphatic hydroxyl groups excluding tert-OH is 1. The average Bonchev–Trinajstić information content (AvgIpc) is 2.64. The normalized spacial score (nSPS) is 16.4. The molecule has 2 aromatic carbocycles. The highest BCUT2D eigenvalue weighted by molar-refractivity contribution is 5.89. The monoisotopic (exact) mass is 270 g/mol. The minimum absolute atomic E-state index is 0.397. The summed E-state index contributed by atoms with van der Waals surface area (Å²) in [6.45, 7) is 0.401. The molecular weight excluding hydrogens is 256 g/mol. The molecule has 4 nitrogen and oxygen atoms in total. The Bertz CT molecular complexity index is 663. The number of carbonyl (C=O) groups excluding carboxylic acids is 1. The van der Waals surface area contributed by atoms with Crippen molar-refractivity contribution in [2.45, 2.75) is 12.7 Å².